The number of phenols is 1. The van der Waals surface area contributed by atoms with E-state index in [-0.39, 0.29) is 27.1 Å². The number of methoxy groups -OCH3 is 1. The van der Waals surface area contributed by atoms with Crippen molar-refractivity contribution in [3.8, 4) is 11.5 Å². The van der Waals surface area contributed by atoms with Gasteiger partial charge in [0.2, 0.25) is 0 Å². The first kappa shape index (κ1) is 21.1. The van der Waals surface area contributed by atoms with Gasteiger partial charge >= 0.3 is 0 Å². The summed E-state index contributed by atoms with van der Waals surface area (Å²) < 4.78 is 37.8. The summed E-state index contributed by atoms with van der Waals surface area (Å²) in [6.45, 7) is 2.10. The number of nitrogens with zero attached hydrogens (tertiary/aromatic N) is 2. The number of fused-ring (bicyclic) bond motifs is 1. The van der Waals surface area contributed by atoms with Gasteiger partial charge in [0.05, 0.1) is 7.11 Å². The number of ether oxygens (including phenoxy) is 1. The number of hydrogen-bond acceptors (Lipinski definition) is 7. The molecule has 0 fully saturated rings. The maximum atomic E-state index is 11.5. The Hall–Kier alpha value is -2.62. The van der Waals surface area contributed by atoms with Crippen molar-refractivity contribution < 1.29 is 22.8 Å². The van der Waals surface area contributed by atoms with Crippen LogP contribution < -0.4 is 4.74 Å². The number of azo groups is 1. The van der Waals surface area contributed by atoms with Crippen LogP contribution in [0.15, 0.2) is 68.6 Å². The topological polar surface area (TPSA) is 109 Å². The van der Waals surface area contributed by atoms with Crippen LogP contribution in [0.5, 0.6) is 11.5 Å². The molecule has 0 radical (unpaired) electrons. The third-order valence-corrected chi connectivity index (χ3v) is 6.25. The van der Waals surface area contributed by atoms with E-state index in [4.69, 9.17) is 4.74 Å². The maximum absolute atomic E-state index is 11.5. The van der Waals surface area contributed by atoms with Gasteiger partial charge in [-0.3, -0.25) is 4.55 Å². The fourth-order valence-electron chi connectivity index (χ4n) is 2.77. The van der Waals surface area contributed by atoms with Crippen LogP contribution in [-0.2, 0) is 10.1 Å². The summed E-state index contributed by atoms with van der Waals surface area (Å²) >= 11 is 1.70. The molecule has 3 aromatic carbocycles. The Morgan fingerprint density at radius 2 is 1.79 bits per heavy atom. The lowest BCUT2D eigenvalue weighted by atomic mass is 10.1. The molecule has 29 heavy (non-hydrogen) atoms. The smallest absolute Gasteiger partial charge is 0.295 e. The molecular formula is C20H20N2O5S2. The molecule has 0 aliphatic carbocycles. The zero-order valence-electron chi connectivity index (χ0n) is 15.9. The minimum Gasteiger partial charge on any atom is -0.505 e. The van der Waals surface area contributed by atoms with E-state index in [1.165, 1.54) is 31.4 Å². The van der Waals surface area contributed by atoms with Crippen molar-refractivity contribution in [2.24, 2.45) is 10.2 Å². The number of phenolic OH excluding ortho intramolecular Hbond substituents is 1. The standard InChI is InChI=1S/C20H20N2O5S2/c1-3-11-28-13-7-10-18(27-2)17(12-13)22-21-16-9-8-14-15(20(16)23)5-4-6-19(14)29(24,25)26/h4-10,12,23H,3,11H2,1-2H3,(H,24,25,26). The van der Waals surface area contributed by atoms with Gasteiger partial charge in [0, 0.05) is 15.7 Å². The number of hydrogen-bond donors (Lipinski definition) is 2. The Morgan fingerprint density at radius 1 is 1.03 bits per heavy atom. The van der Waals surface area contributed by atoms with E-state index >= 15 is 0 Å². The van der Waals surface area contributed by atoms with E-state index in [1.54, 1.807) is 17.8 Å². The van der Waals surface area contributed by atoms with Gasteiger partial charge < -0.3 is 9.84 Å². The van der Waals surface area contributed by atoms with Crippen LogP contribution in [0.3, 0.4) is 0 Å². The van der Waals surface area contributed by atoms with E-state index in [1.807, 2.05) is 18.2 Å². The summed E-state index contributed by atoms with van der Waals surface area (Å²) in [5.74, 6) is 1.29. The molecule has 7 nitrogen and oxygen atoms in total. The molecule has 0 spiro atoms. The molecule has 0 aromatic heterocycles. The molecule has 0 atom stereocenters. The van der Waals surface area contributed by atoms with Gasteiger partial charge in [0.1, 0.15) is 22.0 Å². The second-order valence-corrected chi connectivity index (χ2v) is 8.70. The van der Waals surface area contributed by atoms with Crippen LogP contribution in [0.2, 0.25) is 0 Å². The van der Waals surface area contributed by atoms with Gasteiger partial charge in [-0.05, 0) is 42.5 Å². The fourth-order valence-corrected chi connectivity index (χ4v) is 4.28. The lowest BCUT2D eigenvalue weighted by molar-refractivity contribution is 0.415. The molecular weight excluding hydrogens is 412 g/mol. The predicted octanol–water partition coefficient (Wildman–Crippen LogP) is 5.72. The highest BCUT2D eigenvalue weighted by molar-refractivity contribution is 7.99. The van der Waals surface area contributed by atoms with Crippen molar-refractivity contribution in [3.63, 3.8) is 0 Å². The normalized spacial score (nSPS) is 12.0. The molecule has 0 amide bonds. The Morgan fingerprint density at radius 3 is 2.48 bits per heavy atom. The molecule has 0 aliphatic rings. The van der Waals surface area contributed by atoms with Crippen LogP contribution in [-0.4, -0.2) is 30.9 Å². The van der Waals surface area contributed by atoms with Crippen LogP contribution in [0.25, 0.3) is 10.8 Å². The predicted molar refractivity (Wildman–Crippen MR) is 114 cm³/mol. The van der Waals surface area contributed by atoms with E-state index in [0.717, 1.165) is 17.1 Å². The second kappa shape index (κ2) is 8.81. The quantitative estimate of drug-likeness (QED) is 0.281. The lowest BCUT2D eigenvalue weighted by Gasteiger charge is -2.08. The van der Waals surface area contributed by atoms with Gasteiger partial charge in [-0.25, -0.2) is 0 Å². The highest BCUT2D eigenvalue weighted by atomic mass is 32.2. The van der Waals surface area contributed by atoms with Crippen LogP contribution in [0, 0.1) is 0 Å². The van der Waals surface area contributed by atoms with Crippen LogP contribution >= 0.6 is 11.8 Å². The zero-order valence-corrected chi connectivity index (χ0v) is 17.5. The van der Waals surface area contributed by atoms with Crippen molar-refractivity contribution >= 4 is 44.0 Å². The first-order chi connectivity index (χ1) is 13.8. The zero-order chi connectivity index (χ0) is 21.0. The number of rotatable bonds is 7. The first-order valence-corrected chi connectivity index (χ1v) is 11.2. The third-order valence-electron chi connectivity index (χ3n) is 4.14. The number of thioether (sulfide) groups is 1. The van der Waals surface area contributed by atoms with Gasteiger partial charge in [-0.2, -0.15) is 8.42 Å². The summed E-state index contributed by atoms with van der Waals surface area (Å²) in [7, 11) is -2.88. The fraction of sp³-hybridized carbons (Fsp3) is 0.200. The molecule has 0 bridgehead atoms. The molecule has 0 aliphatic heterocycles. The second-order valence-electron chi connectivity index (χ2n) is 6.14. The Bertz CT molecular complexity index is 1180. The van der Waals surface area contributed by atoms with Crippen molar-refractivity contribution in [1.29, 1.82) is 0 Å². The average molecular weight is 433 g/mol. The van der Waals surface area contributed by atoms with E-state index in [0.29, 0.717) is 11.4 Å². The van der Waals surface area contributed by atoms with E-state index < -0.39 is 10.1 Å². The SMILES string of the molecule is CCCSc1ccc(OC)c(N=Nc2ccc3c(S(=O)(=O)O)cccc3c2O)c1. The molecule has 152 valence electrons. The van der Waals surface area contributed by atoms with Crippen LogP contribution in [0.1, 0.15) is 13.3 Å². The van der Waals surface area contributed by atoms with Crippen molar-refractivity contribution in [2.75, 3.05) is 12.9 Å². The highest BCUT2D eigenvalue weighted by Gasteiger charge is 2.16. The first-order valence-electron chi connectivity index (χ1n) is 8.80. The molecule has 3 aromatic rings. The summed E-state index contributed by atoms with van der Waals surface area (Å²) in [5, 5.41) is 19.3. The van der Waals surface area contributed by atoms with Crippen molar-refractivity contribution in [2.45, 2.75) is 23.1 Å². The monoisotopic (exact) mass is 432 g/mol. The Kier molecular flexibility index (Phi) is 6.41. The van der Waals surface area contributed by atoms with Crippen molar-refractivity contribution in [3.05, 3.63) is 48.5 Å². The molecule has 0 saturated carbocycles. The number of benzene rings is 3. The van der Waals surface area contributed by atoms with Gasteiger partial charge in [0.15, 0.2) is 5.75 Å². The summed E-state index contributed by atoms with van der Waals surface area (Å²) in [5.41, 5.74) is 0.679. The van der Waals surface area contributed by atoms with Gasteiger partial charge in [0.25, 0.3) is 10.1 Å². The Labute approximate surface area is 173 Å². The molecule has 2 N–H and O–H groups in total. The van der Waals surface area contributed by atoms with E-state index in [9.17, 15) is 18.1 Å². The Balaban J connectivity index is 2.02. The molecule has 0 heterocycles. The molecule has 0 saturated heterocycles. The molecule has 9 heteroatoms. The molecule has 3 rings (SSSR count). The number of aromatic hydroxyl groups is 1. The van der Waals surface area contributed by atoms with Gasteiger partial charge in [-0.15, -0.1) is 22.0 Å². The summed E-state index contributed by atoms with van der Waals surface area (Å²) in [4.78, 5) is 0.748. The van der Waals surface area contributed by atoms with Crippen molar-refractivity contribution in [1.82, 2.24) is 0 Å². The minimum atomic E-state index is -4.42. The third kappa shape index (κ3) is 4.69. The van der Waals surface area contributed by atoms with E-state index in [2.05, 4.69) is 17.2 Å². The maximum Gasteiger partial charge on any atom is 0.295 e. The van der Waals surface area contributed by atoms with Gasteiger partial charge in [-0.1, -0.05) is 25.1 Å². The average Bonchev–Trinajstić information content (AvgIpc) is 2.70. The molecule has 0 unspecified atom stereocenters. The summed E-state index contributed by atoms with van der Waals surface area (Å²) in [6.07, 6.45) is 1.05. The lowest BCUT2D eigenvalue weighted by Crippen LogP contribution is -1.98. The largest absolute Gasteiger partial charge is 0.505 e. The highest BCUT2D eigenvalue weighted by Crippen LogP contribution is 2.39. The summed E-state index contributed by atoms with van der Waals surface area (Å²) in [6, 6.07) is 12.8. The van der Waals surface area contributed by atoms with Crippen LogP contribution in [0.4, 0.5) is 11.4 Å². The minimum absolute atomic E-state index is 0.165.